The second-order valence-corrected chi connectivity index (χ2v) is 3.98. The molecule has 0 atom stereocenters. The van der Waals surface area contributed by atoms with Crippen molar-refractivity contribution in [2.45, 2.75) is 19.8 Å². The molecule has 0 bridgehead atoms. The van der Waals surface area contributed by atoms with Crippen LogP contribution in [0.3, 0.4) is 0 Å². The zero-order valence-electron chi connectivity index (χ0n) is 10.3. The molecule has 2 rings (SSSR count). The van der Waals surface area contributed by atoms with Gasteiger partial charge in [-0.15, -0.1) is 10.2 Å². The largest absolute Gasteiger partial charge is 0.462 e. The van der Waals surface area contributed by atoms with Crippen molar-refractivity contribution in [3.63, 3.8) is 0 Å². The SMILES string of the molecule is COC(=O)c1nnc(CCc2ccc(C)cc2)o1. The molecule has 1 heterocycles. The van der Waals surface area contributed by atoms with E-state index in [1.807, 2.05) is 6.92 Å². The first kappa shape index (κ1) is 12.3. The fourth-order valence-corrected chi connectivity index (χ4v) is 1.53. The lowest BCUT2D eigenvalue weighted by Crippen LogP contribution is -2.00. The number of ether oxygens (including phenoxy) is 1. The molecule has 0 aliphatic heterocycles. The lowest BCUT2D eigenvalue weighted by atomic mass is 10.1. The van der Waals surface area contributed by atoms with Crippen LogP contribution in [-0.4, -0.2) is 23.3 Å². The van der Waals surface area contributed by atoms with Gasteiger partial charge in [0.05, 0.1) is 7.11 Å². The minimum absolute atomic E-state index is 0.101. The van der Waals surface area contributed by atoms with Crippen LogP contribution in [0.5, 0.6) is 0 Å². The zero-order chi connectivity index (χ0) is 13.0. The molecule has 2 aromatic rings. The number of aryl methyl sites for hydroxylation is 3. The molecule has 0 aliphatic carbocycles. The number of carbonyl (C=O) groups excluding carboxylic acids is 1. The third-order valence-electron chi connectivity index (χ3n) is 2.58. The van der Waals surface area contributed by atoms with Crippen LogP contribution in [0, 0.1) is 6.92 Å². The van der Waals surface area contributed by atoms with Crippen molar-refractivity contribution in [2.75, 3.05) is 7.11 Å². The van der Waals surface area contributed by atoms with Gasteiger partial charge in [-0.3, -0.25) is 0 Å². The smallest absolute Gasteiger partial charge is 0.396 e. The average molecular weight is 246 g/mol. The van der Waals surface area contributed by atoms with Crippen molar-refractivity contribution in [1.82, 2.24) is 10.2 Å². The summed E-state index contributed by atoms with van der Waals surface area (Å²) in [6.07, 6.45) is 1.40. The van der Waals surface area contributed by atoms with Gasteiger partial charge in [-0.05, 0) is 18.9 Å². The molecule has 0 unspecified atom stereocenters. The van der Waals surface area contributed by atoms with Gasteiger partial charge >= 0.3 is 11.9 Å². The topological polar surface area (TPSA) is 65.2 Å². The number of carbonyl (C=O) groups is 1. The molecule has 0 saturated heterocycles. The van der Waals surface area contributed by atoms with Gasteiger partial charge in [0, 0.05) is 6.42 Å². The molecule has 94 valence electrons. The summed E-state index contributed by atoms with van der Waals surface area (Å²) in [5.74, 6) is -0.267. The van der Waals surface area contributed by atoms with Crippen LogP contribution < -0.4 is 0 Å². The van der Waals surface area contributed by atoms with Crippen LogP contribution in [0.2, 0.25) is 0 Å². The van der Waals surface area contributed by atoms with E-state index in [1.54, 1.807) is 0 Å². The molecular formula is C13H14N2O3. The normalized spacial score (nSPS) is 10.3. The molecule has 5 heteroatoms. The standard InChI is InChI=1S/C13H14N2O3/c1-9-3-5-10(6-4-9)7-8-11-14-15-12(18-11)13(16)17-2/h3-6H,7-8H2,1-2H3. The highest BCUT2D eigenvalue weighted by Gasteiger charge is 2.14. The van der Waals surface area contributed by atoms with Gasteiger partial charge in [0.2, 0.25) is 5.89 Å². The number of benzene rings is 1. The highest BCUT2D eigenvalue weighted by atomic mass is 16.5. The lowest BCUT2D eigenvalue weighted by molar-refractivity contribution is 0.0554. The van der Waals surface area contributed by atoms with E-state index in [0.29, 0.717) is 12.3 Å². The fourth-order valence-electron chi connectivity index (χ4n) is 1.53. The molecule has 5 nitrogen and oxygen atoms in total. The first-order valence-electron chi connectivity index (χ1n) is 5.65. The number of nitrogens with zero attached hydrogens (tertiary/aromatic N) is 2. The van der Waals surface area contributed by atoms with Crippen molar-refractivity contribution >= 4 is 5.97 Å². The summed E-state index contributed by atoms with van der Waals surface area (Å²) in [6.45, 7) is 2.05. The Morgan fingerprint density at radius 1 is 1.22 bits per heavy atom. The summed E-state index contributed by atoms with van der Waals surface area (Å²) in [7, 11) is 1.28. The van der Waals surface area contributed by atoms with Crippen molar-refractivity contribution < 1.29 is 13.9 Å². The summed E-state index contributed by atoms with van der Waals surface area (Å²) in [5.41, 5.74) is 2.42. The highest BCUT2D eigenvalue weighted by Crippen LogP contribution is 2.08. The van der Waals surface area contributed by atoms with Crippen molar-refractivity contribution in [1.29, 1.82) is 0 Å². The Kier molecular flexibility index (Phi) is 3.72. The molecular weight excluding hydrogens is 232 g/mol. The number of hydrogen-bond acceptors (Lipinski definition) is 5. The number of aromatic nitrogens is 2. The van der Waals surface area contributed by atoms with E-state index in [1.165, 1.54) is 18.2 Å². The van der Waals surface area contributed by atoms with Crippen LogP contribution >= 0.6 is 0 Å². The number of hydrogen-bond donors (Lipinski definition) is 0. The van der Waals surface area contributed by atoms with E-state index >= 15 is 0 Å². The Morgan fingerprint density at radius 2 is 1.94 bits per heavy atom. The molecule has 0 fully saturated rings. The Labute approximate surface area is 105 Å². The van der Waals surface area contributed by atoms with E-state index in [-0.39, 0.29) is 5.89 Å². The Bertz CT molecular complexity index is 531. The third-order valence-corrected chi connectivity index (χ3v) is 2.58. The Balaban J connectivity index is 1.96. The molecule has 1 aromatic heterocycles. The first-order valence-corrected chi connectivity index (χ1v) is 5.65. The van der Waals surface area contributed by atoms with Crippen LogP contribution in [0.1, 0.15) is 27.7 Å². The maximum Gasteiger partial charge on any atom is 0.396 e. The van der Waals surface area contributed by atoms with Gasteiger partial charge in [-0.2, -0.15) is 0 Å². The number of methoxy groups -OCH3 is 1. The van der Waals surface area contributed by atoms with Gasteiger partial charge < -0.3 is 9.15 Å². The Morgan fingerprint density at radius 3 is 2.61 bits per heavy atom. The predicted octanol–water partition coefficient (Wildman–Crippen LogP) is 1.95. The molecule has 0 spiro atoms. The van der Waals surface area contributed by atoms with E-state index in [9.17, 15) is 4.79 Å². The summed E-state index contributed by atoms with van der Waals surface area (Å²) >= 11 is 0. The van der Waals surface area contributed by atoms with Crippen LogP contribution in [0.4, 0.5) is 0 Å². The quantitative estimate of drug-likeness (QED) is 0.771. The predicted molar refractivity (Wildman–Crippen MR) is 64.2 cm³/mol. The molecule has 0 saturated carbocycles. The van der Waals surface area contributed by atoms with Crippen LogP contribution in [0.25, 0.3) is 0 Å². The third kappa shape index (κ3) is 2.94. The van der Waals surface area contributed by atoms with Crippen molar-refractivity contribution in [2.24, 2.45) is 0 Å². The molecule has 0 radical (unpaired) electrons. The summed E-state index contributed by atoms with van der Waals surface area (Å²) in [4.78, 5) is 11.1. The van der Waals surface area contributed by atoms with E-state index < -0.39 is 5.97 Å². The van der Waals surface area contributed by atoms with Gasteiger partial charge in [0.25, 0.3) is 0 Å². The van der Waals surface area contributed by atoms with Gasteiger partial charge in [-0.25, -0.2) is 4.79 Å². The summed E-state index contributed by atoms with van der Waals surface area (Å²) < 4.78 is 9.68. The monoisotopic (exact) mass is 246 g/mol. The number of esters is 1. The van der Waals surface area contributed by atoms with E-state index in [4.69, 9.17) is 4.42 Å². The van der Waals surface area contributed by atoms with E-state index in [2.05, 4.69) is 39.2 Å². The van der Waals surface area contributed by atoms with Gasteiger partial charge in [0.1, 0.15) is 0 Å². The van der Waals surface area contributed by atoms with E-state index in [0.717, 1.165) is 6.42 Å². The van der Waals surface area contributed by atoms with Crippen LogP contribution in [0.15, 0.2) is 28.7 Å². The minimum Gasteiger partial charge on any atom is -0.462 e. The molecule has 0 N–H and O–H groups in total. The summed E-state index contributed by atoms with van der Waals surface area (Å²) in [6, 6.07) is 8.24. The van der Waals surface area contributed by atoms with Crippen LogP contribution in [-0.2, 0) is 17.6 Å². The lowest BCUT2D eigenvalue weighted by Gasteiger charge is -1.99. The second-order valence-electron chi connectivity index (χ2n) is 3.98. The molecule has 18 heavy (non-hydrogen) atoms. The summed E-state index contributed by atoms with van der Waals surface area (Å²) in [5, 5.41) is 7.42. The molecule has 0 amide bonds. The second kappa shape index (κ2) is 5.44. The first-order chi connectivity index (χ1) is 8.69. The molecule has 1 aromatic carbocycles. The average Bonchev–Trinajstić information content (AvgIpc) is 2.86. The number of rotatable bonds is 4. The minimum atomic E-state index is -0.607. The molecule has 0 aliphatic rings. The fraction of sp³-hybridized carbons (Fsp3) is 0.308. The van der Waals surface area contributed by atoms with Crippen molar-refractivity contribution in [3.8, 4) is 0 Å². The maximum absolute atomic E-state index is 11.1. The highest BCUT2D eigenvalue weighted by molar-refractivity contribution is 5.83. The van der Waals surface area contributed by atoms with Gasteiger partial charge in [0.15, 0.2) is 0 Å². The van der Waals surface area contributed by atoms with Gasteiger partial charge in [-0.1, -0.05) is 29.8 Å². The van der Waals surface area contributed by atoms with Crippen molar-refractivity contribution in [3.05, 3.63) is 47.2 Å². The zero-order valence-corrected chi connectivity index (χ0v) is 10.3. The maximum atomic E-state index is 11.1. The Hall–Kier alpha value is -2.17.